The van der Waals surface area contributed by atoms with E-state index in [1.54, 1.807) is 6.26 Å². The first kappa shape index (κ1) is 15.1. The summed E-state index contributed by atoms with van der Waals surface area (Å²) in [4.78, 5) is 28.1. The van der Waals surface area contributed by atoms with Crippen LogP contribution < -0.4 is 5.32 Å². The van der Waals surface area contributed by atoms with Gasteiger partial charge in [-0.3, -0.25) is 14.5 Å². The number of amides is 2. The maximum atomic E-state index is 12.3. The molecular weight excluding hydrogens is 282 g/mol. The zero-order valence-electron chi connectivity index (χ0n) is 13.1. The lowest BCUT2D eigenvalue weighted by Crippen LogP contribution is -2.38. The first-order chi connectivity index (χ1) is 10.6. The van der Waals surface area contributed by atoms with Crippen molar-refractivity contribution in [2.45, 2.75) is 31.3 Å². The summed E-state index contributed by atoms with van der Waals surface area (Å²) in [7, 11) is 3.90. The molecule has 1 saturated carbocycles. The lowest BCUT2D eigenvalue weighted by atomic mass is 10.1. The number of likely N-dealkylation sites (tertiary alicyclic amines) is 1. The Bertz CT molecular complexity index is 537. The number of nitrogens with one attached hydrogen (secondary N) is 1. The molecule has 1 aliphatic heterocycles. The Morgan fingerprint density at radius 1 is 1.50 bits per heavy atom. The Labute approximate surface area is 130 Å². The standard InChI is InChI=1S/C16H23N3O3/c1-18(2)13(14-4-3-7-22-14)9-17-16(21)11-8-15(20)19(10-11)12-5-6-12/h3-4,7,11-13H,5-6,8-10H2,1-2H3,(H,17,21). The maximum absolute atomic E-state index is 12.3. The molecule has 2 amide bonds. The van der Waals surface area contributed by atoms with Gasteiger partial charge in [-0.05, 0) is 39.1 Å². The van der Waals surface area contributed by atoms with Gasteiger partial charge >= 0.3 is 0 Å². The number of hydrogen-bond donors (Lipinski definition) is 1. The molecule has 2 fully saturated rings. The summed E-state index contributed by atoms with van der Waals surface area (Å²) in [5.74, 6) is 0.702. The van der Waals surface area contributed by atoms with Gasteiger partial charge in [-0.1, -0.05) is 0 Å². The van der Waals surface area contributed by atoms with Crippen LogP contribution in [0.2, 0.25) is 0 Å². The monoisotopic (exact) mass is 305 g/mol. The van der Waals surface area contributed by atoms with E-state index < -0.39 is 0 Å². The van der Waals surface area contributed by atoms with Crippen molar-refractivity contribution < 1.29 is 14.0 Å². The summed E-state index contributed by atoms with van der Waals surface area (Å²) < 4.78 is 5.43. The van der Waals surface area contributed by atoms with Crippen molar-refractivity contribution in [2.75, 3.05) is 27.2 Å². The highest BCUT2D eigenvalue weighted by Gasteiger charge is 2.41. The Morgan fingerprint density at radius 2 is 2.27 bits per heavy atom. The van der Waals surface area contributed by atoms with Gasteiger partial charge in [-0.25, -0.2) is 0 Å². The van der Waals surface area contributed by atoms with E-state index in [1.165, 1.54) is 0 Å². The van der Waals surface area contributed by atoms with Crippen LogP contribution in [0.1, 0.15) is 31.1 Å². The third-order valence-corrected chi connectivity index (χ3v) is 4.48. The van der Waals surface area contributed by atoms with Crippen LogP contribution >= 0.6 is 0 Å². The molecule has 120 valence electrons. The predicted octanol–water partition coefficient (Wildman–Crippen LogP) is 1.01. The first-order valence-electron chi connectivity index (χ1n) is 7.83. The molecule has 0 radical (unpaired) electrons. The quantitative estimate of drug-likeness (QED) is 0.852. The van der Waals surface area contributed by atoms with Crippen LogP contribution in [0.4, 0.5) is 0 Å². The molecule has 1 aromatic heterocycles. The van der Waals surface area contributed by atoms with Gasteiger partial charge in [0, 0.05) is 25.6 Å². The third-order valence-electron chi connectivity index (χ3n) is 4.48. The topological polar surface area (TPSA) is 65.8 Å². The molecule has 2 unspecified atom stereocenters. The smallest absolute Gasteiger partial charge is 0.225 e. The molecule has 6 heteroatoms. The molecule has 22 heavy (non-hydrogen) atoms. The van der Waals surface area contributed by atoms with Crippen molar-refractivity contribution >= 4 is 11.8 Å². The predicted molar refractivity (Wildman–Crippen MR) is 81.0 cm³/mol. The number of carbonyl (C=O) groups is 2. The number of nitrogens with zero attached hydrogens (tertiary/aromatic N) is 2. The molecule has 2 atom stereocenters. The van der Waals surface area contributed by atoms with Crippen LogP contribution in [0.25, 0.3) is 0 Å². The van der Waals surface area contributed by atoms with Crippen molar-refractivity contribution in [3.8, 4) is 0 Å². The average molecular weight is 305 g/mol. The van der Waals surface area contributed by atoms with Crippen LogP contribution in [0.15, 0.2) is 22.8 Å². The SMILES string of the molecule is CN(C)C(CNC(=O)C1CC(=O)N(C2CC2)C1)c1ccco1. The Kier molecular flexibility index (Phi) is 4.20. The first-order valence-corrected chi connectivity index (χ1v) is 7.83. The molecule has 2 heterocycles. The summed E-state index contributed by atoms with van der Waals surface area (Å²) in [6.07, 6.45) is 4.15. The minimum absolute atomic E-state index is 0.00408. The van der Waals surface area contributed by atoms with Gasteiger partial charge in [0.15, 0.2) is 0 Å². The van der Waals surface area contributed by atoms with Crippen LogP contribution in [0.3, 0.4) is 0 Å². The van der Waals surface area contributed by atoms with Crippen LogP contribution in [-0.2, 0) is 9.59 Å². The molecule has 0 bridgehead atoms. The van der Waals surface area contributed by atoms with E-state index in [4.69, 9.17) is 4.42 Å². The fraction of sp³-hybridized carbons (Fsp3) is 0.625. The number of rotatable bonds is 6. The molecule has 6 nitrogen and oxygen atoms in total. The lowest BCUT2D eigenvalue weighted by molar-refractivity contribution is -0.129. The van der Waals surface area contributed by atoms with Gasteiger partial charge in [0.25, 0.3) is 0 Å². The van der Waals surface area contributed by atoms with E-state index in [2.05, 4.69) is 5.32 Å². The number of hydrogen-bond acceptors (Lipinski definition) is 4. The van der Waals surface area contributed by atoms with Crippen molar-refractivity contribution in [1.29, 1.82) is 0 Å². The van der Waals surface area contributed by atoms with Crippen LogP contribution in [-0.4, -0.2) is 54.8 Å². The second-order valence-electron chi connectivity index (χ2n) is 6.42. The second kappa shape index (κ2) is 6.12. The Hall–Kier alpha value is -1.82. The van der Waals surface area contributed by atoms with Crippen molar-refractivity contribution in [1.82, 2.24) is 15.1 Å². The number of carbonyl (C=O) groups excluding carboxylic acids is 2. The maximum Gasteiger partial charge on any atom is 0.225 e. The summed E-state index contributed by atoms with van der Waals surface area (Å²) in [5, 5.41) is 2.98. The minimum Gasteiger partial charge on any atom is -0.468 e. The zero-order valence-corrected chi connectivity index (χ0v) is 13.1. The number of furan rings is 1. The molecule has 1 aromatic rings. The van der Waals surface area contributed by atoms with Gasteiger partial charge in [0.05, 0.1) is 18.2 Å². The molecule has 0 aromatic carbocycles. The minimum atomic E-state index is -0.215. The highest BCUT2D eigenvalue weighted by atomic mass is 16.3. The van der Waals surface area contributed by atoms with Gasteiger partial charge < -0.3 is 14.6 Å². The van der Waals surface area contributed by atoms with Crippen molar-refractivity contribution in [2.24, 2.45) is 5.92 Å². The normalized spacial score (nSPS) is 23.1. The largest absolute Gasteiger partial charge is 0.468 e. The van der Waals surface area contributed by atoms with Crippen molar-refractivity contribution in [3.63, 3.8) is 0 Å². The summed E-state index contributed by atoms with van der Waals surface area (Å²) in [6.45, 7) is 1.05. The summed E-state index contributed by atoms with van der Waals surface area (Å²) in [6, 6.07) is 4.14. The fourth-order valence-electron chi connectivity index (χ4n) is 3.01. The van der Waals surface area contributed by atoms with Crippen LogP contribution in [0, 0.1) is 5.92 Å². The lowest BCUT2D eigenvalue weighted by Gasteiger charge is -2.23. The molecule has 3 rings (SSSR count). The van der Waals surface area contributed by atoms with E-state index >= 15 is 0 Å². The van der Waals surface area contributed by atoms with E-state index in [9.17, 15) is 9.59 Å². The van der Waals surface area contributed by atoms with E-state index in [1.807, 2.05) is 36.0 Å². The second-order valence-corrected chi connectivity index (χ2v) is 6.42. The molecule has 0 spiro atoms. The third kappa shape index (κ3) is 3.16. The number of likely N-dealkylation sites (N-methyl/N-ethyl adjacent to an activating group) is 1. The van der Waals surface area contributed by atoms with Gasteiger partial charge in [0.2, 0.25) is 11.8 Å². The molecule has 2 aliphatic rings. The average Bonchev–Trinajstić information content (AvgIpc) is 3.02. The molecule has 1 saturated heterocycles. The molecule has 1 aliphatic carbocycles. The van der Waals surface area contributed by atoms with Crippen LogP contribution in [0.5, 0.6) is 0 Å². The van der Waals surface area contributed by atoms with E-state index in [-0.39, 0.29) is 23.8 Å². The Morgan fingerprint density at radius 3 is 2.86 bits per heavy atom. The Balaban J connectivity index is 1.54. The van der Waals surface area contributed by atoms with Gasteiger partial charge in [-0.2, -0.15) is 0 Å². The molecular formula is C16H23N3O3. The van der Waals surface area contributed by atoms with Gasteiger partial charge in [0.1, 0.15) is 5.76 Å². The highest BCUT2D eigenvalue weighted by Crippen LogP contribution is 2.32. The van der Waals surface area contributed by atoms with E-state index in [0.29, 0.717) is 25.6 Å². The molecule has 1 N–H and O–H groups in total. The van der Waals surface area contributed by atoms with E-state index in [0.717, 1.165) is 18.6 Å². The zero-order chi connectivity index (χ0) is 15.7. The van der Waals surface area contributed by atoms with Crippen molar-refractivity contribution in [3.05, 3.63) is 24.2 Å². The van der Waals surface area contributed by atoms with Gasteiger partial charge in [-0.15, -0.1) is 0 Å². The fourth-order valence-corrected chi connectivity index (χ4v) is 3.01. The summed E-state index contributed by atoms with van der Waals surface area (Å²) in [5.41, 5.74) is 0. The highest BCUT2D eigenvalue weighted by molar-refractivity contribution is 5.89. The summed E-state index contributed by atoms with van der Waals surface area (Å²) >= 11 is 0.